The van der Waals surface area contributed by atoms with Gasteiger partial charge in [-0.1, -0.05) is 75.8 Å². The third-order valence-corrected chi connectivity index (χ3v) is 5.40. The zero-order valence-corrected chi connectivity index (χ0v) is 15.4. The second kappa shape index (κ2) is 6.18. The summed E-state index contributed by atoms with van der Waals surface area (Å²) >= 11 is 3.49. The van der Waals surface area contributed by atoms with Crippen LogP contribution in [0.25, 0.3) is 16.5 Å². The van der Waals surface area contributed by atoms with E-state index in [1.807, 2.05) is 12.1 Å². The van der Waals surface area contributed by atoms with E-state index in [-0.39, 0.29) is 12.0 Å². The predicted molar refractivity (Wildman–Crippen MR) is 108 cm³/mol. The first-order chi connectivity index (χ1) is 12.8. The summed E-state index contributed by atoms with van der Waals surface area (Å²) < 4.78 is 1.05. The highest BCUT2D eigenvalue weighted by Gasteiger charge is 2.34. The summed E-state index contributed by atoms with van der Waals surface area (Å²) in [5, 5.41) is 10.9. The van der Waals surface area contributed by atoms with Crippen LogP contribution in [0.1, 0.15) is 17.0 Å². The van der Waals surface area contributed by atoms with Crippen LogP contribution < -0.4 is 5.43 Å². The van der Waals surface area contributed by atoms with Crippen molar-refractivity contribution < 1.29 is 0 Å². The molecular formula is C21H15BrN4. The SMILES string of the molecule is Brc1ccc(C2=C[C@H](c3cccc4ccccc34)[C@@H]3N=NNC3=N2)cc1. The van der Waals surface area contributed by atoms with E-state index in [1.165, 1.54) is 16.3 Å². The minimum absolute atomic E-state index is 0.0889. The number of rotatable bonds is 2. The molecule has 0 aromatic heterocycles. The molecule has 0 radical (unpaired) electrons. The lowest BCUT2D eigenvalue weighted by Gasteiger charge is -2.24. The van der Waals surface area contributed by atoms with Gasteiger partial charge in [0, 0.05) is 10.4 Å². The molecule has 4 nitrogen and oxygen atoms in total. The Balaban J connectivity index is 1.67. The van der Waals surface area contributed by atoms with Gasteiger partial charge in [0.05, 0.1) is 5.70 Å². The summed E-state index contributed by atoms with van der Waals surface area (Å²) in [5.74, 6) is 0.898. The van der Waals surface area contributed by atoms with Gasteiger partial charge in [0.2, 0.25) is 0 Å². The van der Waals surface area contributed by atoms with Crippen molar-refractivity contribution in [2.45, 2.75) is 12.0 Å². The molecule has 5 rings (SSSR count). The summed E-state index contributed by atoms with van der Waals surface area (Å²) in [5.41, 5.74) is 6.25. The Hall–Kier alpha value is -2.79. The van der Waals surface area contributed by atoms with E-state index in [4.69, 9.17) is 4.99 Å². The zero-order chi connectivity index (χ0) is 17.5. The number of hydrogen-bond acceptors (Lipinski definition) is 4. The summed E-state index contributed by atoms with van der Waals surface area (Å²) in [6.45, 7) is 0. The Labute approximate surface area is 159 Å². The molecule has 0 amide bonds. The highest BCUT2D eigenvalue weighted by atomic mass is 79.9. The van der Waals surface area contributed by atoms with E-state index >= 15 is 0 Å². The second-order valence-corrected chi connectivity index (χ2v) is 7.34. The number of nitrogens with zero attached hydrogens (tertiary/aromatic N) is 3. The van der Waals surface area contributed by atoms with Gasteiger partial charge >= 0.3 is 0 Å². The molecular weight excluding hydrogens is 388 g/mol. The normalized spacial score (nSPS) is 21.1. The van der Waals surface area contributed by atoms with Crippen molar-refractivity contribution in [3.8, 4) is 0 Å². The van der Waals surface area contributed by atoms with Crippen LogP contribution in [-0.2, 0) is 0 Å². The van der Waals surface area contributed by atoms with E-state index in [9.17, 15) is 0 Å². The molecule has 3 aromatic carbocycles. The van der Waals surface area contributed by atoms with Gasteiger partial charge in [-0.3, -0.25) is 0 Å². The number of nitrogens with one attached hydrogen (secondary N) is 1. The van der Waals surface area contributed by atoms with Crippen LogP contribution >= 0.6 is 15.9 Å². The summed E-state index contributed by atoms with van der Waals surface area (Å²) in [4.78, 5) is 4.76. The molecule has 2 aliphatic rings. The maximum atomic E-state index is 4.76. The van der Waals surface area contributed by atoms with Gasteiger partial charge in [-0.15, -0.1) is 0 Å². The Bertz CT molecular complexity index is 1080. The molecule has 0 unspecified atom stereocenters. The molecule has 0 spiro atoms. The van der Waals surface area contributed by atoms with E-state index < -0.39 is 0 Å². The first-order valence-electron chi connectivity index (χ1n) is 8.49. The second-order valence-electron chi connectivity index (χ2n) is 6.42. The summed E-state index contributed by atoms with van der Waals surface area (Å²) in [6, 6.07) is 23.0. The molecule has 0 aliphatic carbocycles. The minimum Gasteiger partial charge on any atom is -0.244 e. The van der Waals surface area contributed by atoms with Gasteiger partial charge in [-0.2, -0.15) is 5.11 Å². The van der Waals surface area contributed by atoms with Crippen LogP contribution in [0.5, 0.6) is 0 Å². The van der Waals surface area contributed by atoms with Gasteiger partial charge < -0.3 is 0 Å². The molecule has 2 heterocycles. The fraction of sp³-hybridized carbons (Fsp3) is 0.0952. The average Bonchev–Trinajstić information content (AvgIpc) is 3.16. The van der Waals surface area contributed by atoms with E-state index in [0.29, 0.717) is 0 Å². The standard InChI is InChI=1S/C21H15BrN4/c22-15-10-8-14(9-11-15)19-12-18(20-21(23-19)25-26-24-20)17-7-3-5-13-4-1-2-6-16(13)17/h1-12,18,20H,(H,23,24,25)/t18-,20+/m1/s1. The maximum absolute atomic E-state index is 4.76. The largest absolute Gasteiger partial charge is 0.244 e. The van der Waals surface area contributed by atoms with Gasteiger partial charge in [-0.25, -0.2) is 10.4 Å². The van der Waals surface area contributed by atoms with Crippen molar-refractivity contribution in [2.24, 2.45) is 15.3 Å². The first-order valence-corrected chi connectivity index (χ1v) is 9.29. The number of fused-ring (bicyclic) bond motifs is 2. The summed E-state index contributed by atoms with van der Waals surface area (Å²) in [7, 11) is 0. The summed E-state index contributed by atoms with van der Waals surface area (Å²) in [6.07, 6.45) is 2.21. The van der Waals surface area contributed by atoms with Gasteiger partial charge in [0.15, 0.2) is 5.84 Å². The van der Waals surface area contributed by atoms with Crippen LogP contribution in [0.15, 0.2) is 92.6 Å². The molecule has 5 heteroatoms. The van der Waals surface area contributed by atoms with Crippen molar-refractivity contribution in [2.75, 3.05) is 0 Å². The highest BCUT2D eigenvalue weighted by molar-refractivity contribution is 9.10. The zero-order valence-electron chi connectivity index (χ0n) is 13.8. The molecule has 126 valence electrons. The highest BCUT2D eigenvalue weighted by Crippen LogP contribution is 2.37. The molecule has 0 bridgehead atoms. The van der Waals surface area contributed by atoms with Crippen LogP contribution in [0, 0.1) is 0 Å². The van der Waals surface area contributed by atoms with E-state index in [1.54, 1.807) is 0 Å². The molecule has 0 saturated carbocycles. The van der Waals surface area contributed by atoms with Crippen molar-refractivity contribution in [1.29, 1.82) is 0 Å². The third kappa shape index (κ3) is 2.56. The fourth-order valence-corrected chi connectivity index (χ4v) is 3.87. The quantitative estimate of drug-likeness (QED) is 0.606. The molecule has 26 heavy (non-hydrogen) atoms. The molecule has 1 N–H and O–H groups in total. The maximum Gasteiger partial charge on any atom is 0.152 e. The molecule has 2 aliphatic heterocycles. The van der Waals surface area contributed by atoms with Gasteiger partial charge in [0.1, 0.15) is 6.04 Å². The number of halogens is 1. The van der Waals surface area contributed by atoms with Gasteiger partial charge in [0.25, 0.3) is 0 Å². The molecule has 3 aromatic rings. The van der Waals surface area contributed by atoms with E-state index in [0.717, 1.165) is 21.6 Å². The van der Waals surface area contributed by atoms with Crippen molar-refractivity contribution in [3.63, 3.8) is 0 Å². The molecule has 0 saturated heterocycles. The molecule has 2 atom stereocenters. The number of hydrogen-bond donors (Lipinski definition) is 1. The Kier molecular flexibility index (Phi) is 3.68. The van der Waals surface area contributed by atoms with E-state index in [2.05, 4.69) is 92.4 Å². The fourth-order valence-electron chi connectivity index (χ4n) is 3.61. The van der Waals surface area contributed by atoms with Gasteiger partial charge in [-0.05, 0) is 40.1 Å². The Morgan fingerprint density at radius 3 is 2.58 bits per heavy atom. The van der Waals surface area contributed by atoms with Crippen LogP contribution in [0.2, 0.25) is 0 Å². The van der Waals surface area contributed by atoms with Crippen molar-refractivity contribution in [3.05, 3.63) is 88.4 Å². The number of benzene rings is 3. The smallest absolute Gasteiger partial charge is 0.152 e. The Morgan fingerprint density at radius 1 is 0.885 bits per heavy atom. The monoisotopic (exact) mass is 402 g/mol. The van der Waals surface area contributed by atoms with Crippen molar-refractivity contribution >= 4 is 38.2 Å². The first kappa shape index (κ1) is 15.5. The van der Waals surface area contributed by atoms with Crippen LogP contribution in [-0.4, -0.2) is 11.9 Å². The van der Waals surface area contributed by atoms with Crippen LogP contribution in [0.4, 0.5) is 0 Å². The predicted octanol–water partition coefficient (Wildman–Crippen LogP) is 5.48. The molecule has 0 fully saturated rings. The lowest BCUT2D eigenvalue weighted by Crippen LogP contribution is -2.31. The van der Waals surface area contributed by atoms with Crippen molar-refractivity contribution in [1.82, 2.24) is 5.43 Å². The number of aliphatic imine (C=N–C) groups is 1. The minimum atomic E-state index is -0.0972. The average molecular weight is 403 g/mol. The third-order valence-electron chi connectivity index (χ3n) is 4.87. The van der Waals surface area contributed by atoms with Crippen LogP contribution in [0.3, 0.4) is 0 Å². The topological polar surface area (TPSA) is 49.1 Å². The lowest BCUT2D eigenvalue weighted by molar-refractivity contribution is 0.741. The lowest BCUT2D eigenvalue weighted by atomic mass is 9.85. The number of amidine groups is 1. The Morgan fingerprint density at radius 2 is 1.69 bits per heavy atom.